The van der Waals surface area contributed by atoms with Crippen LogP contribution in [-0.2, 0) is 14.3 Å². The van der Waals surface area contributed by atoms with Crippen LogP contribution in [0.2, 0.25) is 0 Å². The Morgan fingerprint density at radius 1 is 1.03 bits per heavy atom. The molecule has 0 saturated carbocycles. The Hall–Kier alpha value is -3.19. The quantitative estimate of drug-likeness (QED) is 0.412. The number of Topliss-reactive ketones (excluding diaryl/α,β-unsaturated/α-hetero) is 1. The number of allylic oxidation sites excluding steroid dienone is 3. The van der Waals surface area contributed by atoms with Crippen molar-refractivity contribution >= 4 is 23.5 Å². The lowest BCUT2D eigenvalue weighted by Crippen LogP contribution is -2.36. The highest BCUT2D eigenvalue weighted by Gasteiger charge is 2.41. The second-order valence-electron chi connectivity index (χ2n) is 8.63. The van der Waals surface area contributed by atoms with Crippen molar-refractivity contribution in [3.8, 4) is 11.5 Å². The highest BCUT2D eigenvalue weighted by atomic mass is 32.2. The van der Waals surface area contributed by atoms with Crippen LogP contribution in [0.3, 0.4) is 0 Å². The van der Waals surface area contributed by atoms with E-state index in [9.17, 15) is 9.59 Å². The minimum atomic E-state index is -0.458. The summed E-state index contributed by atoms with van der Waals surface area (Å²) < 4.78 is 16.2. The Kier molecular flexibility index (Phi) is 7.55. The van der Waals surface area contributed by atoms with Crippen LogP contribution < -0.4 is 14.8 Å². The number of carbonyl (C=O) groups excluding carboxylic acids is 2. The molecule has 2 aromatic rings. The number of benzene rings is 2. The summed E-state index contributed by atoms with van der Waals surface area (Å²) in [4.78, 5) is 27.9. The van der Waals surface area contributed by atoms with Crippen LogP contribution in [-0.4, -0.2) is 38.8 Å². The number of nitrogens with one attached hydrogen (secondary N) is 1. The van der Waals surface area contributed by atoms with Gasteiger partial charge in [-0.25, -0.2) is 4.79 Å². The molecule has 0 bridgehead atoms. The average Bonchev–Trinajstić information content (AvgIpc) is 2.87. The first-order valence-corrected chi connectivity index (χ1v) is 12.9. The molecule has 2 atom stereocenters. The first-order valence-electron chi connectivity index (χ1n) is 11.7. The summed E-state index contributed by atoms with van der Waals surface area (Å²) >= 11 is 1.65. The third kappa shape index (κ3) is 4.82. The smallest absolute Gasteiger partial charge is 0.336 e. The topological polar surface area (TPSA) is 73.9 Å². The van der Waals surface area contributed by atoms with Gasteiger partial charge in [0, 0.05) is 34.2 Å². The fraction of sp³-hybridized carbons (Fsp3) is 0.357. The summed E-state index contributed by atoms with van der Waals surface area (Å²) in [7, 11) is 3.21. The predicted molar refractivity (Wildman–Crippen MR) is 137 cm³/mol. The molecule has 2 aliphatic rings. The van der Waals surface area contributed by atoms with E-state index in [1.807, 2.05) is 55.6 Å². The number of ether oxygens (including phenoxy) is 3. The van der Waals surface area contributed by atoms with E-state index in [-0.39, 0.29) is 18.3 Å². The van der Waals surface area contributed by atoms with Gasteiger partial charge in [0.25, 0.3) is 0 Å². The molecular formula is C28H31NO5S. The molecule has 0 aromatic heterocycles. The third-order valence-corrected chi connectivity index (χ3v) is 7.39. The summed E-state index contributed by atoms with van der Waals surface area (Å²) in [5, 5.41) is 3.39. The van der Waals surface area contributed by atoms with Gasteiger partial charge in [-0.05, 0) is 67.8 Å². The van der Waals surface area contributed by atoms with Gasteiger partial charge < -0.3 is 19.5 Å². The van der Waals surface area contributed by atoms with E-state index in [0.29, 0.717) is 35.5 Å². The van der Waals surface area contributed by atoms with Crippen LogP contribution in [0.1, 0.15) is 49.7 Å². The highest BCUT2D eigenvalue weighted by molar-refractivity contribution is 7.98. The SMILES string of the molecule is CCOC(=O)C1=C(C)NC2=C(C(=O)C[C@@H](c3ccc(OC)c(OC)c3)C2)[C@@H]1c1ccc(SC)cc1. The number of dihydropyridines is 1. The summed E-state index contributed by atoms with van der Waals surface area (Å²) in [6.07, 6.45) is 3.03. The van der Waals surface area contributed by atoms with Gasteiger partial charge in [-0.2, -0.15) is 0 Å². The fourth-order valence-electron chi connectivity index (χ4n) is 4.99. The maximum Gasteiger partial charge on any atom is 0.336 e. The van der Waals surface area contributed by atoms with E-state index >= 15 is 0 Å². The van der Waals surface area contributed by atoms with E-state index in [1.165, 1.54) is 0 Å². The molecule has 1 aliphatic carbocycles. The van der Waals surface area contributed by atoms with Crippen LogP contribution >= 0.6 is 11.8 Å². The molecule has 35 heavy (non-hydrogen) atoms. The average molecular weight is 494 g/mol. The van der Waals surface area contributed by atoms with Gasteiger partial charge in [0.15, 0.2) is 17.3 Å². The van der Waals surface area contributed by atoms with Crippen LogP contribution in [0.15, 0.2) is 69.9 Å². The molecule has 0 spiro atoms. The monoisotopic (exact) mass is 493 g/mol. The van der Waals surface area contributed by atoms with Gasteiger partial charge in [-0.15, -0.1) is 11.8 Å². The van der Waals surface area contributed by atoms with Gasteiger partial charge in [0.05, 0.1) is 26.4 Å². The lowest BCUT2D eigenvalue weighted by molar-refractivity contribution is -0.138. The van der Waals surface area contributed by atoms with Crippen LogP contribution in [0.5, 0.6) is 11.5 Å². The van der Waals surface area contributed by atoms with Gasteiger partial charge in [0.1, 0.15) is 0 Å². The van der Waals surface area contributed by atoms with E-state index in [4.69, 9.17) is 14.2 Å². The zero-order chi connectivity index (χ0) is 25.1. The number of methoxy groups -OCH3 is 2. The Bertz CT molecular complexity index is 1200. The van der Waals surface area contributed by atoms with Crippen molar-refractivity contribution in [2.24, 2.45) is 0 Å². The van der Waals surface area contributed by atoms with Crippen molar-refractivity contribution in [1.82, 2.24) is 5.32 Å². The minimum Gasteiger partial charge on any atom is -0.493 e. The van der Waals surface area contributed by atoms with Crippen molar-refractivity contribution in [2.75, 3.05) is 27.1 Å². The molecular weight excluding hydrogens is 462 g/mol. The molecule has 0 unspecified atom stereocenters. The minimum absolute atomic E-state index is 0.00924. The van der Waals surface area contributed by atoms with Crippen LogP contribution in [0.25, 0.3) is 0 Å². The number of esters is 1. The van der Waals surface area contributed by atoms with Crippen LogP contribution in [0.4, 0.5) is 0 Å². The predicted octanol–water partition coefficient (Wildman–Crippen LogP) is 5.35. The third-order valence-electron chi connectivity index (χ3n) is 6.65. The summed E-state index contributed by atoms with van der Waals surface area (Å²) in [5.41, 5.74) is 4.68. The molecule has 4 rings (SSSR count). The van der Waals surface area contributed by atoms with E-state index in [1.54, 1.807) is 32.9 Å². The zero-order valence-corrected chi connectivity index (χ0v) is 21.6. The Balaban J connectivity index is 1.76. The molecule has 184 valence electrons. The standard InChI is InChI=1S/C28H31NO5S/c1-6-34-28(31)25-16(2)29-21-13-19(18-9-12-23(32-3)24(15-18)33-4)14-22(30)27(21)26(25)17-7-10-20(35-5)11-8-17/h7-12,15,19,26,29H,6,13-14H2,1-5H3/t19-,26+/m0/s1. The van der Waals surface area contributed by atoms with E-state index in [2.05, 4.69) is 5.32 Å². The first-order chi connectivity index (χ1) is 16.9. The second kappa shape index (κ2) is 10.6. The zero-order valence-electron chi connectivity index (χ0n) is 20.8. The molecule has 7 heteroatoms. The molecule has 1 aliphatic heterocycles. The molecule has 0 fully saturated rings. The summed E-state index contributed by atoms with van der Waals surface area (Å²) in [6.45, 7) is 3.94. The molecule has 0 saturated heterocycles. The first kappa shape index (κ1) is 24.9. The van der Waals surface area contributed by atoms with Gasteiger partial charge in [-0.3, -0.25) is 4.79 Å². The largest absolute Gasteiger partial charge is 0.493 e. The number of hydrogen-bond donors (Lipinski definition) is 1. The normalized spacial score (nSPS) is 19.7. The lowest BCUT2D eigenvalue weighted by atomic mass is 9.71. The Morgan fingerprint density at radius 3 is 2.34 bits per heavy atom. The maximum atomic E-state index is 13.7. The summed E-state index contributed by atoms with van der Waals surface area (Å²) in [5.74, 6) is 0.469. The molecule has 0 amide bonds. The molecule has 1 heterocycles. The van der Waals surface area contributed by atoms with Gasteiger partial charge >= 0.3 is 5.97 Å². The van der Waals surface area contributed by atoms with Crippen molar-refractivity contribution in [1.29, 1.82) is 0 Å². The van der Waals surface area contributed by atoms with Crippen molar-refractivity contribution in [3.05, 3.63) is 76.1 Å². The van der Waals surface area contributed by atoms with Crippen LogP contribution in [0, 0.1) is 0 Å². The molecule has 1 N–H and O–H groups in total. The van der Waals surface area contributed by atoms with Crippen molar-refractivity contribution in [2.45, 2.75) is 43.4 Å². The molecule has 2 aromatic carbocycles. The fourth-order valence-corrected chi connectivity index (χ4v) is 5.40. The summed E-state index contributed by atoms with van der Waals surface area (Å²) in [6, 6.07) is 13.9. The van der Waals surface area contributed by atoms with Gasteiger partial charge in [0.2, 0.25) is 0 Å². The number of rotatable bonds is 7. The molecule has 6 nitrogen and oxygen atoms in total. The maximum absolute atomic E-state index is 13.7. The number of carbonyl (C=O) groups is 2. The number of ketones is 1. The lowest BCUT2D eigenvalue weighted by Gasteiger charge is -2.36. The van der Waals surface area contributed by atoms with Crippen molar-refractivity contribution < 1.29 is 23.8 Å². The number of hydrogen-bond acceptors (Lipinski definition) is 7. The van der Waals surface area contributed by atoms with E-state index < -0.39 is 11.9 Å². The Morgan fingerprint density at radius 2 is 1.71 bits per heavy atom. The Labute approximate surface area is 210 Å². The van der Waals surface area contributed by atoms with E-state index in [0.717, 1.165) is 27.4 Å². The van der Waals surface area contributed by atoms with Crippen molar-refractivity contribution in [3.63, 3.8) is 0 Å². The number of thioether (sulfide) groups is 1. The highest BCUT2D eigenvalue weighted by Crippen LogP contribution is 2.46. The second-order valence-corrected chi connectivity index (χ2v) is 9.50. The molecule has 0 radical (unpaired) electrons. The van der Waals surface area contributed by atoms with Gasteiger partial charge in [-0.1, -0.05) is 18.2 Å².